The number of rotatable bonds is 0. The average molecular weight is 208 g/mol. The van der Waals surface area contributed by atoms with Crippen molar-refractivity contribution in [1.29, 1.82) is 0 Å². The Morgan fingerprint density at radius 3 is 3.00 bits per heavy atom. The van der Waals surface area contributed by atoms with Crippen molar-refractivity contribution in [3.05, 3.63) is 34.4 Å². The van der Waals surface area contributed by atoms with E-state index in [9.17, 15) is 9.18 Å². The molecule has 5 heteroatoms. The molecule has 1 aliphatic rings. The van der Waals surface area contributed by atoms with Crippen LogP contribution in [0.1, 0.15) is 0 Å². The Balaban J connectivity index is 2.46. The minimum Gasteiger partial charge on any atom is -0.453 e. The molecule has 1 aromatic carbocycles. The van der Waals surface area contributed by atoms with Gasteiger partial charge in [-0.2, -0.15) is 0 Å². The lowest BCUT2D eigenvalue weighted by atomic mass is 10.2. The molecule has 0 saturated heterocycles. The summed E-state index contributed by atoms with van der Waals surface area (Å²) in [6.07, 6.45) is 0. The molecule has 0 unspecified atom stereocenters. The first kappa shape index (κ1) is 8.28. The molecule has 0 fully saturated rings. The van der Waals surface area contributed by atoms with Crippen molar-refractivity contribution in [2.45, 2.75) is 0 Å². The summed E-state index contributed by atoms with van der Waals surface area (Å²) < 4.78 is 28.5. The lowest BCUT2D eigenvalue weighted by Crippen LogP contribution is -1.96. The van der Waals surface area contributed by atoms with Gasteiger partial charge in [-0.3, -0.25) is 0 Å². The van der Waals surface area contributed by atoms with Gasteiger partial charge in [0.1, 0.15) is 5.58 Å². The first-order chi connectivity index (χ1) is 7.25. The second-order valence-electron chi connectivity index (χ2n) is 3.09. The maximum Gasteiger partial charge on any atom is 0.336 e. The molecule has 3 rings (SSSR count). The molecule has 0 aliphatic carbocycles. The molecule has 76 valence electrons. The fraction of sp³-hybridized carbons (Fsp3) is 0.100. The maximum atomic E-state index is 13.7. The molecule has 0 spiro atoms. The quantitative estimate of drug-likeness (QED) is 0.618. The Labute approximate surface area is 82.8 Å². The summed E-state index contributed by atoms with van der Waals surface area (Å²) in [6, 6.07) is 3.97. The van der Waals surface area contributed by atoms with Crippen LogP contribution >= 0.6 is 0 Å². The van der Waals surface area contributed by atoms with Crippen LogP contribution in [0, 0.1) is 5.82 Å². The Hall–Kier alpha value is -2.04. The molecule has 4 nitrogen and oxygen atoms in total. The Morgan fingerprint density at radius 1 is 1.27 bits per heavy atom. The molecule has 1 aromatic heterocycles. The summed E-state index contributed by atoms with van der Waals surface area (Å²) in [5.74, 6) is -0.241. The van der Waals surface area contributed by atoms with E-state index >= 15 is 0 Å². The Bertz CT molecular complexity index is 602. The van der Waals surface area contributed by atoms with Crippen molar-refractivity contribution in [3.8, 4) is 11.5 Å². The summed E-state index contributed by atoms with van der Waals surface area (Å²) in [5.41, 5.74) is -0.370. The summed E-state index contributed by atoms with van der Waals surface area (Å²) in [5, 5.41) is 0.207. The molecule has 0 bridgehead atoms. The second-order valence-corrected chi connectivity index (χ2v) is 3.09. The van der Waals surface area contributed by atoms with Crippen LogP contribution in [0.3, 0.4) is 0 Å². The standard InChI is InChI=1S/C10H5FO4/c11-9-5-1-2-8(12)15-6(5)3-7-10(9)14-4-13-7/h1-3H,4H2. The van der Waals surface area contributed by atoms with Gasteiger partial charge in [-0.05, 0) is 6.07 Å². The average Bonchev–Trinajstić information content (AvgIpc) is 2.65. The van der Waals surface area contributed by atoms with Gasteiger partial charge in [0.25, 0.3) is 0 Å². The molecule has 0 N–H and O–H groups in total. The van der Waals surface area contributed by atoms with E-state index in [4.69, 9.17) is 13.9 Å². The van der Waals surface area contributed by atoms with Gasteiger partial charge < -0.3 is 13.9 Å². The SMILES string of the molecule is O=c1ccc2c(F)c3c(cc2o1)OCO3. The summed E-state index contributed by atoms with van der Waals surface area (Å²) in [7, 11) is 0. The van der Waals surface area contributed by atoms with Crippen molar-refractivity contribution in [2.75, 3.05) is 6.79 Å². The molecule has 0 amide bonds. The topological polar surface area (TPSA) is 48.7 Å². The highest BCUT2D eigenvalue weighted by molar-refractivity contribution is 5.81. The van der Waals surface area contributed by atoms with Crippen molar-refractivity contribution in [1.82, 2.24) is 0 Å². The normalized spacial score (nSPS) is 13.4. The van der Waals surface area contributed by atoms with E-state index in [1.807, 2.05) is 0 Å². The second kappa shape index (κ2) is 2.73. The first-order valence-electron chi connectivity index (χ1n) is 4.27. The molecule has 2 aromatic rings. The van der Waals surface area contributed by atoms with Crippen LogP contribution in [-0.2, 0) is 0 Å². The van der Waals surface area contributed by atoms with Crippen LogP contribution in [0.2, 0.25) is 0 Å². The maximum absolute atomic E-state index is 13.7. The number of ether oxygens (including phenoxy) is 2. The third-order valence-corrected chi connectivity index (χ3v) is 2.20. The van der Waals surface area contributed by atoms with Gasteiger partial charge in [0.05, 0.1) is 5.39 Å². The predicted molar refractivity (Wildman–Crippen MR) is 48.6 cm³/mol. The summed E-state index contributed by atoms with van der Waals surface area (Å²) in [6.45, 7) is -0.0210. The number of halogens is 1. The first-order valence-corrected chi connectivity index (χ1v) is 4.27. The van der Waals surface area contributed by atoms with Crippen LogP contribution in [0.5, 0.6) is 11.5 Å². The number of fused-ring (bicyclic) bond motifs is 2. The van der Waals surface area contributed by atoms with Gasteiger partial charge in [0.15, 0.2) is 11.6 Å². The van der Waals surface area contributed by atoms with E-state index in [2.05, 4.69) is 0 Å². The minimum atomic E-state index is -0.566. The number of hydrogen-bond acceptors (Lipinski definition) is 4. The molecular formula is C10H5FO4. The van der Waals surface area contributed by atoms with E-state index in [0.29, 0.717) is 0 Å². The van der Waals surface area contributed by atoms with Gasteiger partial charge >= 0.3 is 5.63 Å². The zero-order chi connectivity index (χ0) is 10.4. The van der Waals surface area contributed by atoms with E-state index < -0.39 is 11.4 Å². The molecule has 2 heterocycles. The van der Waals surface area contributed by atoms with Gasteiger partial charge in [-0.15, -0.1) is 0 Å². The lowest BCUT2D eigenvalue weighted by molar-refractivity contribution is 0.171. The zero-order valence-corrected chi connectivity index (χ0v) is 7.45. The largest absolute Gasteiger partial charge is 0.453 e. The molecule has 1 aliphatic heterocycles. The van der Waals surface area contributed by atoms with E-state index in [0.717, 1.165) is 6.07 Å². The highest BCUT2D eigenvalue weighted by atomic mass is 19.1. The molecule has 0 saturated carbocycles. The van der Waals surface area contributed by atoms with Crippen molar-refractivity contribution < 1.29 is 18.3 Å². The highest BCUT2D eigenvalue weighted by Gasteiger charge is 2.22. The van der Waals surface area contributed by atoms with Gasteiger partial charge in [0.2, 0.25) is 12.5 Å². The van der Waals surface area contributed by atoms with Crippen molar-refractivity contribution in [3.63, 3.8) is 0 Å². The minimum absolute atomic E-state index is 0.0210. The van der Waals surface area contributed by atoms with Crippen LogP contribution in [-0.4, -0.2) is 6.79 Å². The Kier molecular flexibility index (Phi) is 1.50. The smallest absolute Gasteiger partial charge is 0.336 e. The fourth-order valence-corrected chi connectivity index (χ4v) is 1.53. The highest BCUT2D eigenvalue weighted by Crippen LogP contribution is 2.38. The number of benzene rings is 1. The van der Waals surface area contributed by atoms with Crippen molar-refractivity contribution >= 4 is 11.0 Å². The van der Waals surface area contributed by atoms with E-state index in [1.54, 1.807) is 0 Å². The summed E-state index contributed by atoms with van der Waals surface area (Å²) >= 11 is 0. The van der Waals surface area contributed by atoms with Gasteiger partial charge in [-0.1, -0.05) is 0 Å². The van der Waals surface area contributed by atoms with E-state index in [-0.39, 0.29) is 29.3 Å². The molecular weight excluding hydrogens is 203 g/mol. The fourth-order valence-electron chi connectivity index (χ4n) is 1.53. The monoisotopic (exact) mass is 208 g/mol. The van der Waals surface area contributed by atoms with Gasteiger partial charge in [0, 0.05) is 12.1 Å². The van der Waals surface area contributed by atoms with Crippen LogP contribution in [0.15, 0.2) is 27.4 Å². The van der Waals surface area contributed by atoms with Crippen LogP contribution in [0.25, 0.3) is 11.0 Å². The lowest BCUT2D eigenvalue weighted by Gasteiger charge is -2.01. The zero-order valence-electron chi connectivity index (χ0n) is 7.45. The number of hydrogen-bond donors (Lipinski definition) is 0. The molecule has 0 atom stereocenters. The third-order valence-electron chi connectivity index (χ3n) is 2.20. The summed E-state index contributed by atoms with van der Waals surface area (Å²) in [4.78, 5) is 10.9. The Morgan fingerprint density at radius 2 is 2.13 bits per heavy atom. The van der Waals surface area contributed by atoms with Crippen LogP contribution < -0.4 is 15.1 Å². The third kappa shape index (κ3) is 1.09. The van der Waals surface area contributed by atoms with E-state index in [1.165, 1.54) is 12.1 Å². The van der Waals surface area contributed by atoms with Gasteiger partial charge in [-0.25, -0.2) is 9.18 Å². The molecule has 15 heavy (non-hydrogen) atoms. The molecule has 0 radical (unpaired) electrons. The predicted octanol–water partition coefficient (Wildman–Crippen LogP) is 1.66. The van der Waals surface area contributed by atoms with Crippen LogP contribution in [0.4, 0.5) is 4.39 Å². The van der Waals surface area contributed by atoms with Crippen molar-refractivity contribution in [2.24, 2.45) is 0 Å².